The van der Waals surface area contributed by atoms with Crippen molar-refractivity contribution in [2.24, 2.45) is 0 Å². The van der Waals surface area contributed by atoms with Gasteiger partial charge in [0.05, 0.1) is 5.69 Å². The van der Waals surface area contributed by atoms with Crippen molar-refractivity contribution in [3.05, 3.63) is 75.1 Å². The van der Waals surface area contributed by atoms with E-state index in [0.717, 1.165) is 66.0 Å². The van der Waals surface area contributed by atoms with E-state index in [1.807, 2.05) is 40.1 Å². The maximum Gasteiger partial charge on any atom is 0.318 e. The number of H-pyrrole nitrogens is 1. The van der Waals surface area contributed by atoms with E-state index in [9.17, 15) is 14.4 Å². The molecule has 4 aliphatic rings. The lowest BCUT2D eigenvalue weighted by Gasteiger charge is -2.43. The van der Waals surface area contributed by atoms with Crippen molar-refractivity contribution < 1.29 is 9.59 Å². The minimum atomic E-state index is -0.654. The fraction of sp³-hybridized carbons (Fsp3) is 0.528. The van der Waals surface area contributed by atoms with Crippen LogP contribution in [0.25, 0.3) is 10.9 Å². The van der Waals surface area contributed by atoms with Crippen molar-refractivity contribution in [2.75, 3.05) is 64.8 Å². The molecule has 0 unspecified atom stereocenters. The molecule has 3 amide bonds. The summed E-state index contributed by atoms with van der Waals surface area (Å²) in [5.41, 5.74) is 12.4. The molecule has 0 spiro atoms. The Bertz CT molecular complexity index is 1670. The molecule has 4 aliphatic heterocycles. The number of pyridine rings is 1. The minimum Gasteiger partial charge on any atom is -0.338 e. The molecule has 0 bridgehead atoms. The van der Waals surface area contributed by atoms with E-state index in [1.54, 1.807) is 0 Å². The number of hydrogen-bond donors (Lipinski definition) is 4. The molecule has 0 aliphatic carbocycles. The van der Waals surface area contributed by atoms with Crippen molar-refractivity contribution in [3.63, 3.8) is 0 Å². The molecule has 47 heavy (non-hydrogen) atoms. The van der Waals surface area contributed by atoms with Crippen LogP contribution in [0.15, 0.2) is 47.3 Å². The molecule has 0 radical (unpaired) electrons. The molecule has 250 valence electrons. The second-order valence-electron chi connectivity index (χ2n) is 13.9. The number of benzene rings is 2. The Kier molecular flexibility index (Phi) is 9.20. The lowest BCUT2D eigenvalue weighted by atomic mass is 9.89. The molecule has 3 fully saturated rings. The highest BCUT2D eigenvalue weighted by molar-refractivity contribution is 5.87. The Labute approximate surface area is 276 Å². The molecule has 4 N–H and O–H groups in total. The Morgan fingerprint density at radius 2 is 1.66 bits per heavy atom. The summed E-state index contributed by atoms with van der Waals surface area (Å²) in [5.74, 6) is 0.0793. The van der Waals surface area contributed by atoms with Crippen LogP contribution in [0.4, 0.5) is 10.5 Å². The van der Waals surface area contributed by atoms with E-state index in [0.29, 0.717) is 51.5 Å². The van der Waals surface area contributed by atoms with Crippen LogP contribution in [0.1, 0.15) is 53.9 Å². The van der Waals surface area contributed by atoms with Crippen LogP contribution in [-0.4, -0.2) is 108 Å². The van der Waals surface area contributed by atoms with Crippen LogP contribution in [0.2, 0.25) is 0 Å². The van der Waals surface area contributed by atoms with Gasteiger partial charge in [-0.05, 0) is 92.9 Å². The number of nitrogens with zero attached hydrogens (tertiary/aromatic N) is 4. The van der Waals surface area contributed by atoms with Crippen LogP contribution in [-0.2, 0) is 17.8 Å². The zero-order valence-electron chi connectivity index (χ0n) is 27.7. The Morgan fingerprint density at radius 3 is 2.43 bits per heavy atom. The third-order valence-electron chi connectivity index (χ3n) is 10.8. The molecular weight excluding hydrogens is 592 g/mol. The smallest absolute Gasteiger partial charge is 0.318 e. The van der Waals surface area contributed by atoms with E-state index in [4.69, 9.17) is 0 Å². The summed E-state index contributed by atoms with van der Waals surface area (Å²) in [4.78, 5) is 52.5. The van der Waals surface area contributed by atoms with Gasteiger partial charge in [-0.3, -0.25) is 14.5 Å². The number of piperidine rings is 2. The number of likely N-dealkylation sites (tertiary alicyclic amines) is 2. The van der Waals surface area contributed by atoms with Crippen LogP contribution in [0, 0.1) is 6.92 Å². The molecule has 2 aromatic carbocycles. The van der Waals surface area contributed by atoms with Gasteiger partial charge in [-0.25, -0.2) is 10.2 Å². The summed E-state index contributed by atoms with van der Waals surface area (Å²) >= 11 is 0. The van der Waals surface area contributed by atoms with Crippen LogP contribution in [0.5, 0.6) is 0 Å². The lowest BCUT2D eigenvalue weighted by molar-refractivity contribution is -0.135. The van der Waals surface area contributed by atoms with Gasteiger partial charge in [-0.15, -0.1) is 0 Å². The average molecular weight is 641 g/mol. The number of hydrogen-bond acceptors (Lipinski definition) is 7. The summed E-state index contributed by atoms with van der Waals surface area (Å²) in [7, 11) is 2.19. The summed E-state index contributed by atoms with van der Waals surface area (Å²) in [6, 6.07) is 13.8. The molecule has 3 aromatic rings. The maximum absolute atomic E-state index is 14.2. The Hall–Kier alpha value is -3.93. The van der Waals surface area contributed by atoms with Gasteiger partial charge in [0.2, 0.25) is 5.91 Å². The normalized spacial score (nSPS) is 20.6. The second-order valence-corrected chi connectivity index (χ2v) is 13.9. The fourth-order valence-electron chi connectivity index (χ4n) is 8.03. The lowest BCUT2D eigenvalue weighted by Crippen LogP contribution is -2.59. The predicted molar refractivity (Wildman–Crippen MR) is 184 cm³/mol. The molecule has 11 heteroatoms. The van der Waals surface area contributed by atoms with Gasteiger partial charge in [0.1, 0.15) is 6.04 Å². The van der Waals surface area contributed by atoms with Gasteiger partial charge in [0.25, 0.3) is 5.56 Å². The number of urea groups is 1. The summed E-state index contributed by atoms with van der Waals surface area (Å²) in [5, 5.41) is 4.18. The van der Waals surface area contributed by atoms with Gasteiger partial charge in [-0.1, -0.05) is 30.3 Å². The minimum absolute atomic E-state index is 0.00615. The quantitative estimate of drug-likeness (QED) is 0.328. The number of aromatic amines is 1. The molecule has 3 saturated heterocycles. The summed E-state index contributed by atoms with van der Waals surface area (Å²) in [6.07, 6.45) is 4.20. The first kappa shape index (κ1) is 31.7. The zero-order chi connectivity index (χ0) is 32.5. The number of fused-ring (bicyclic) bond motifs is 2. The van der Waals surface area contributed by atoms with Crippen molar-refractivity contribution >= 4 is 28.5 Å². The Balaban J connectivity index is 1.02. The number of amides is 3. The number of hydrazine groups is 1. The number of para-hydroxylation sites is 1. The standard InChI is InChI=1S/C36H48N8O3/c1-24-19-25(20-28-23-37-40-33(24)28)21-32(35(46)43-17-15-42(16-18-43)29-9-11-41(2)12-10-29)39-36(47)44-13-7-26(8-14-44)30-22-27-5-3-4-6-31(27)38-34(30)45/h3-6,19-20,22,26,29,32,37,40H,7-18,21,23H2,1-2H3,(H,38,45)(H,39,47)/t32-/m1/s1. The van der Waals surface area contributed by atoms with Crippen molar-refractivity contribution in [2.45, 2.75) is 63.6 Å². The molecule has 5 heterocycles. The largest absolute Gasteiger partial charge is 0.338 e. The van der Waals surface area contributed by atoms with Gasteiger partial charge in [0, 0.05) is 69.4 Å². The van der Waals surface area contributed by atoms with E-state index < -0.39 is 6.04 Å². The number of aromatic nitrogens is 1. The van der Waals surface area contributed by atoms with E-state index in [1.165, 1.54) is 18.4 Å². The predicted octanol–water partition coefficient (Wildman–Crippen LogP) is 3.01. The number of rotatable bonds is 6. The fourth-order valence-corrected chi connectivity index (χ4v) is 8.03. The molecule has 1 atom stereocenters. The highest BCUT2D eigenvalue weighted by Gasteiger charge is 2.34. The van der Waals surface area contributed by atoms with E-state index in [2.05, 4.69) is 57.1 Å². The average Bonchev–Trinajstić information content (AvgIpc) is 3.57. The number of carbonyl (C=O) groups is 2. The summed E-state index contributed by atoms with van der Waals surface area (Å²) < 4.78 is 0. The number of aryl methyl sites for hydroxylation is 1. The first-order valence-electron chi connectivity index (χ1n) is 17.3. The highest BCUT2D eigenvalue weighted by atomic mass is 16.2. The van der Waals surface area contributed by atoms with Crippen molar-refractivity contribution in [1.82, 2.24) is 35.3 Å². The first-order chi connectivity index (χ1) is 22.8. The molecule has 0 saturated carbocycles. The van der Waals surface area contributed by atoms with Gasteiger partial charge in [-0.2, -0.15) is 0 Å². The maximum atomic E-state index is 14.2. The molecule has 1 aromatic heterocycles. The third kappa shape index (κ3) is 6.88. The highest BCUT2D eigenvalue weighted by Crippen LogP contribution is 2.29. The van der Waals surface area contributed by atoms with Gasteiger partial charge in [0.15, 0.2) is 0 Å². The van der Waals surface area contributed by atoms with E-state index >= 15 is 0 Å². The van der Waals surface area contributed by atoms with Crippen LogP contribution in [0.3, 0.4) is 0 Å². The van der Waals surface area contributed by atoms with Crippen molar-refractivity contribution in [1.29, 1.82) is 0 Å². The second kappa shape index (κ2) is 13.7. The number of carbonyl (C=O) groups excluding carboxylic acids is 2. The molecule has 11 nitrogen and oxygen atoms in total. The number of piperazine rings is 1. The number of nitrogens with one attached hydrogen (secondary N) is 4. The van der Waals surface area contributed by atoms with Crippen LogP contribution >= 0.6 is 0 Å². The Morgan fingerprint density at radius 1 is 0.915 bits per heavy atom. The van der Waals surface area contributed by atoms with Gasteiger partial charge >= 0.3 is 6.03 Å². The monoisotopic (exact) mass is 640 g/mol. The number of anilines is 1. The van der Waals surface area contributed by atoms with Gasteiger partial charge < -0.3 is 30.4 Å². The van der Waals surface area contributed by atoms with Crippen LogP contribution < -0.4 is 21.7 Å². The molecular formula is C36H48N8O3. The van der Waals surface area contributed by atoms with E-state index in [-0.39, 0.29) is 23.4 Å². The topological polar surface area (TPSA) is 116 Å². The molecule has 7 rings (SSSR count). The van der Waals surface area contributed by atoms with Crippen molar-refractivity contribution in [3.8, 4) is 0 Å². The third-order valence-corrected chi connectivity index (χ3v) is 10.8. The summed E-state index contributed by atoms with van der Waals surface area (Å²) in [6.45, 7) is 9.23. The first-order valence-corrected chi connectivity index (χ1v) is 17.3. The zero-order valence-corrected chi connectivity index (χ0v) is 27.7. The SMILES string of the molecule is Cc1cc(C[C@@H](NC(=O)N2CCC(c3cc4ccccc4[nH]c3=O)CC2)C(=O)N2CCN(C3CCN(C)CC3)CC2)cc2c1NNC2.